The zero-order valence-corrected chi connectivity index (χ0v) is 12.7. The molecule has 1 heterocycles. The van der Waals surface area contributed by atoms with Gasteiger partial charge in [0.25, 0.3) is 10.0 Å². The maximum absolute atomic E-state index is 12.1. The first-order valence-corrected chi connectivity index (χ1v) is 8.57. The van der Waals surface area contributed by atoms with Gasteiger partial charge in [0.05, 0.1) is 5.69 Å². The van der Waals surface area contributed by atoms with Crippen LogP contribution in [-0.4, -0.2) is 20.1 Å². The number of benzene rings is 1. The van der Waals surface area contributed by atoms with Crippen molar-refractivity contribution >= 4 is 33.1 Å². The lowest BCUT2D eigenvalue weighted by molar-refractivity contribution is 0.596. The van der Waals surface area contributed by atoms with E-state index in [1.165, 1.54) is 11.1 Å². The number of hydrogen-bond donors (Lipinski definition) is 1. The number of fused-ring (bicyclic) bond motifs is 1. The normalized spacial score (nSPS) is 16.7. The predicted molar refractivity (Wildman–Crippen MR) is 81.5 cm³/mol. The minimum atomic E-state index is -3.63. The van der Waals surface area contributed by atoms with Gasteiger partial charge in [-0.1, -0.05) is 25.0 Å². The monoisotopic (exact) mass is 315 g/mol. The van der Waals surface area contributed by atoms with Crippen molar-refractivity contribution in [3.05, 3.63) is 24.3 Å². The summed E-state index contributed by atoms with van der Waals surface area (Å²) >= 11 is 5.61. The molecule has 0 amide bonds. The van der Waals surface area contributed by atoms with Crippen molar-refractivity contribution in [3.8, 4) is 0 Å². The molecule has 0 saturated carbocycles. The number of para-hydroxylation sites is 1. The zero-order valence-electron chi connectivity index (χ0n) is 11.1. The fourth-order valence-electron chi connectivity index (χ4n) is 2.14. The van der Waals surface area contributed by atoms with Gasteiger partial charge in [-0.2, -0.15) is 8.42 Å². The second-order valence-corrected chi connectivity index (χ2v) is 6.62. The highest BCUT2D eigenvalue weighted by Crippen LogP contribution is 2.30. The average Bonchev–Trinajstić information content (AvgIpc) is 2.44. The first-order chi connectivity index (χ1) is 9.56. The SMILES string of the molecule is NN1C(CCCCCCCl)=NS(=O)(=O)c2ccccc21. The predicted octanol–water partition coefficient (Wildman–Crippen LogP) is 2.66. The van der Waals surface area contributed by atoms with Crippen LogP contribution in [0.15, 0.2) is 33.6 Å². The molecule has 0 fully saturated rings. The van der Waals surface area contributed by atoms with Gasteiger partial charge in [-0.3, -0.25) is 5.01 Å². The topological polar surface area (TPSA) is 75.8 Å². The summed E-state index contributed by atoms with van der Waals surface area (Å²) < 4.78 is 28.0. The molecule has 0 saturated heterocycles. The Hall–Kier alpha value is -1.11. The smallest absolute Gasteiger partial charge is 0.264 e. The molecule has 0 bridgehead atoms. The fraction of sp³-hybridized carbons (Fsp3) is 0.462. The Balaban J connectivity index is 2.10. The van der Waals surface area contributed by atoms with Crippen molar-refractivity contribution in [2.75, 3.05) is 10.9 Å². The van der Waals surface area contributed by atoms with Crippen molar-refractivity contribution < 1.29 is 8.42 Å². The summed E-state index contributed by atoms with van der Waals surface area (Å²) in [6.07, 6.45) is 4.39. The highest BCUT2D eigenvalue weighted by Gasteiger charge is 2.28. The number of rotatable bonds is 6. The van der Waals surface area contributed by atoms with Crippen molar-refractivity contribution in [3.63, 3.8) is 0 Å². The van der Waals surface area contributed by atoms with Gasteiger partial charge in [0.15, 0.2) is 0 Å². The van der Waals surface area contributed by atoms with E-state index in [1.54, 1.807) is 18.2 Å². The molecule has 110 valence electrons. The van der Waals surface area contributed by atoms with Crippen LogP contribution in [0.2, 0.25) is 0 Å². The van der Waals surface area contributed by atoms with Crippen LogP contribution in [-0.2, 0) is 10.0 Å². The van der Waals surface area contributed by atoms with E-state index in [0.717, 1.165) is 25.7 Å². The van der Waals surface area contributed by atoms with E-state index in [0.29, 0.717) is 23.8 Å². The van der Waals surface area contributed by atoms with Crippen LogP contribution >= 0.6 is 11.6 Å². The zero-order chi connectivity index (χ0) is 14.6. The molecule has 0 aromatic heterocycles. The summed E-state index contributed by atoms with van der Waals surface area (Å²) in [6, 6.07) is 6.63. The van der Waals surface area contributed by atoms with E-state index in [1.807, 2.05) is 0 Å². The van der Waals surface area contributed by atoms with Crippen LogP contribution in [0.1, 0.15) is 32.1 Å². The largest absolute Gasteiger partial charge is 0.286 e. The van der Waals surface area contributed by atoms with Crippen molar-refractivity contribution in [1.82, 2.24) is 0 Å². The molecular weight excluding hydrogens is 298 g/mol. The molecule has 20 heavy (non-hydrogen) atoms. The van der Waals surface area contributed by atoms with Crippen LogP contribution < -0.4 is 10.9 Å². The van der Waals surface area contributed by atoms with E-state index in [9.17, 15) is 8.42 Å². The Kier molecular flexibility index (Phi) is 5.01. The lowest BCUT2D eigenvalue weighted by Gasteiger charge is -2.26. The number of anilines is 1. The van der Waals surface area contributed by atoms with E-state index < -0.39 is 10.0 Å². The third kappa shape index (κ3) is 3.31. The number of nitrogens with two attached hydrogens (primary N) is 1. The highest BCUT2D eigenvalue weighted by molar-refractivity contribution is 7.90. The van der Waals surface area contributed by atoms with Gasteiger partial charge >= 0.3 is 0 Å². The minimum Gasteiger partial charge on any atom is -0.264 e. The van der Waals surface area contributed by atoms with Crippen LogP contribution in [0.3, 0.4) is 0 Å². The second-order valence-electron chi connectivity index (χ2n) is 4.67. The van der Waals surface area contributed by atoms with E-state index in [4.69, 9.17) is 17.4 Å². The molecule has 0 aliphatic carbocycles. The number of amidine groups is 1. The summed E-state index contributed by atoms with van der Waals surface area (Å²) in [4.78, 5) is 0.161. The molecule has 7 heteroatoms. The van der Waals surface area contributed by atoms with Gasteiger partial charge in [0, 0.05) is 12.3 Å². The van der Waals surface area contributed by atoms with Crippen molar-refractivity contribution in [2.45, 2.75) is 37.0 Å². The molecule has 0 spiro atoms. The van der Waals surface area contributed by atoms with Gasteiger partial charge in [0.1, 0.15) is 10.7 Å². The van der Waals surface area contributed by atoms with Gasteiger partial charge in [-0.15, -0.1) is 16.0 Å². The Morgan fingerprint density at radius 3 is 2.60 bits per heavy atom. The summed E-state index contributed by atoms with van der Waals surface area (Å²) in [5, 5.41) is 1.37. The van der Waals surface area contributed by atoms with E-state index >= 15 is 0 Å². The maximum Gasteiger partial charge on any atom is 0.286 e. The summed E-state index contributed by atoms with van der Waals surface area (Å²) in [5.74, 6) is 7.03. The maximum atomic E-state index is 12.1. The molecule has 0 radical (unpaired) electrons. The third-order valence-electron chi connectivity index (χ3n) is 3.19. The molecule has 5 nitrogen and oxygen atoms in total. The van der Waals surface area contributed by atoms with Gasteiger partial charge in [-0.25, -0.2) is 5.84 Å². The summed E-state index contributed by atoms with van der Waals surface area (Å²) in [6.45, 7) is 0. The van der Waals surface area contributed by atoms with Crippen LogP contribution in [0.4, 0.5) is 5.69 Å². The molecule has 1 aliphatic heterocycles. The van der Waals surface area contributed by atoms with Crippen LogP contribution in [0, 0.1) is 0 Å². The second kappa shape index (κ2) is 6.56. The molecule has 0 unspecified atom stereocenters. The Bertz CT molecular complexity index is 601. The summed E-state index contributed by atoms with van der Waals surface area (Å²) in [7, 11) is -3.63. The molecule has 2 N–H and O–H groups in total. The van der Waals surface area contributed by atoms with Gasteiger partial charge in [-0.05, 0) is 25.0 Å². The molecular formula is C13H18ClN3O2S. The molecule has 0 atom stereocenters. The first kappa shape index (κ1) is 15.3. The fourth-order valence-corrected chi connectivity index (χ4v) is 3.57. The molecule has 1 aliphatic rings. The average molecular weight is 316 g/mol. The van der Waals surface area contributed by atoms with E-state index in [-0.39, 0.29) is 4.90 Å². The number of hydrogen-bond acceptors (Lipinski definition) is 4. The first-order valence-electron chi connectivity index (χ1n) is 6.60. The molecule has 1 aromatic carbocycles. The Labute approximate surface area is 124 Å². The third-order valence-corrected chi connectivity index (χ3v) is 4.81. The number of unbranched alkanes of at least 4 members (excludes halogenated alkanes) is 3. The van der Waals surface area contributed by atoms with Crippen LogP contribution in [0.5, 0.6) is 0 Å². The highest BCUT2D eigenvalue weighted by atomic mass is 35.5. The summed E-state index contributed by atoms with van der Waals surface area (Å²) in [5.41, 5.74) is 0.484. The quantitative estimate of drug-likeness (QED) is 0.497. The molecule has 2 rings (SSSR count). The number of nitrogens with zero attached hydrogens (tertiary/aromatic N) is 2. The van der Waals surface area contributed by atoms with Crippen molar-refractivity contribution in [1.29, 1.82) is 0 Å². The van der Waals surface area contributed by atoms with Crippen molar-refractivity contribution in [2.24, 2.45) is 10.2 Å². The number of hydrazine groups is 1. The number of halogens is 1. The lowest BCUT2D eigenvalue weighted by Crippen LogP contribution is -2.41. The van der Waals surface area contributed by atoms with Gasteiger partial charge < -0.3 is 0 Å². The standard InChI is InChI=1S/C13H18ClN3O2S/c14-10-6-2-1-3-9-13-16-20(18,19)12-8-5-4-7-11(12)17(13)15/h4-5,7-8H,1-3,6,9-10,15H2. The van der Waals surface area contributed by atoms with E-state index in [2.05, 4.69) is 4.40 Å². The lowest BCUT2D eigenvalue weighted by atomic mass is 10.1. The number of sulfonamides is 1. The number of alkyl halides is 1. The van der Waals surface area contributed by atoms with Gasteiger partial charge in [0.2, 0.25) is 0 Å². The minimum absolute atomic E-state index is 0.161. The molecule has 1 aromatic rings. The Morgan fingerprint density at radius 1 is 1.15 bits per heavy atom. The van der Waals surface area contributed by atoms with Crippen LogP contribution in [0.25, 0.3) is 0 Å². The Morgan fingerprint density at radius 2 is 1.85 bits per heavy atom.